The molecule has 0 bridgehead atoms. The van der Waals surface area contributed by atoms with Crippen molar-refractivity contribution in [3.05, 3.63) is 64.5 Å². The standard InChI is InChI=1S/C30H38F3N3O4/c1-18(2)28-27-23(15-36(28)14-20-6-10-24(11-7-20)30(31,32)33)12-22(13-34-27)29(39)35-25(16-40-17-26(37)38)21-8-4-19(3)5-9-21/h4-5,8-9,12-13,18,20,24-25,28H,6-7,10-11,14-17H2,1-3H3,(H,35,39)(H,37,38)/t20-,24-,25-,28-/m0/s1. The van der Waals surface area contributed by atoms with Gasteiger partial charge in [-0.1, -0.05) is 43.7 Å². The third kappa shape index (κ3) is 7.40. The van der Waals surface area contributed by atoms with Gasteiger partial charge in [-0.15, -0.1) is 0 Å². The number of amides is 1. The quantitative estimate of drug-likeness (QED) is 0.379. The number of nitrogens with one attached hydrogen (secondary N) is 1. The summed E-state index contributed by atoms with van der Waals surface area (Å²) >= 11 is 0. The molecule has 0 radical (unpaired) electrons. The molecule has 4 rings (SSSR count). The van der Waals surface area contributed by atoms with Crippen LogP contribution in [0, 0.1) is 24.7 Å². The second-order valence-corrected chi connectivity index (χ2v) is 11.5. The average Bonchev–Trinajstić information content (AvgIpc) is 3.25. The van der Waals surface area contributed by atoms with Crippen molar-refractivity contribution in [1.82, 2.24) is 15.2 Å². The Kier molecular flexibility index (Phi) is 9.51. The lowest BCUT2D eigenvalue weighted by Crippen LogP contribution is -2.35. The number of carboxylic acids is 1. The Hall–Kier alpha value is -2.98. The second kappa shape index (κ2) is 12.7. The third-order valence-electron chi connectivity index (χ3n) is 8.04. The van der Waals surface area contributed by atoms with Crippen molar-refractivity contribution in [3.63, 3.8) is 0 Å². The van der Waals surface area contributed by atoms with Crippen LogP contribution in [0.25, 0.3) is 0 Å². The number of pyridine rings is 1. The second-order valence-electron chi connectivity index (χ2n) is 11.5. The molecule has 0 unspecified atom stereocenters. The van der Waals surface area contributed by atoms with Crippen molar-refractivity contribution in [3.8, 4) is 0 Å². The van der Waals surface area contributed by atoms with E-state index in [1.807, 2.05) is 37.3 Å². The van der Waals surface area contributed by atoms with Crippen LogP contribution in [-0.4, -0.2) is 52.8 Å². The van der Waals surface area contributed by atoms with Crippen LogP contribution in [0.1, 0.15) is 84.4 Å². The summed E-state index contributed by atoms with van der Waals surface area (Å²) in [6.07, 6.45) is -1.06. The Labute approximate surface area is 233 Å². The fourth-order valence-electron chi connectivity index (χ4n) is 5.97. The number of hydrogen-bond acceptors (Lipinski definition) is 5. The Morgan fingerprint density at radius 1 is 1.15 bits per heavy atom. The molecular formula is C30H38F3N3O4. The number of carbonyl (C=O) groups excluding carboxylic acids is 1. The fraction of sp³-hybridized carbons (Fsp3) is 0.567. The summed E-state index contributed by atoms with van der Waals surface area (Å²) < 4.78 is 44.7. The summed E-state index contributed by atoms with van der Waals surface area (Å²) in [5.74, 6) is -2.17. The number of hydrogen-bond donors (Lipinski definition) is 2. The Morgan fingerprint density at radius 2 is 1.82 bits per heavy atom. The summed E-state index contributed by atoms with van der Waals surface area (Å²) in [7, 11) is 0. The monoisotopic (exact) mass is 561 g/mol. The molecule has 2 N–H and O–H groups in total. The van der Waals surface area contributed by atoms with Crippen LogP contribution >= 0.6 is 0 Å². The lowest BCUT2D eigenvalue weighted by Gasteiger charge is -2.35. The van der Waals surface area contributed by atoms with Gasteiger partial charge in [0.05, 0.1) is 35.9 Å². The van der Waals surface area contributed by atoms with E-state index in [4.69, 9.17) is 9.84 Å². The summed E-state index contributed by atoms with van der Waals surface area (Å²) in [5, 5.41) is 11.9. The Bertz CT molecular complexity index is 1180. The number of fused-ring (bicyclic) bond motifs is 1. The summed E-state index contributed by atoms with van der Waals surface area (Å²) in [6, 6.07) is 8.91. The van der Waals surface area contributed by atoms with E-state index in [1.54, 1.807) is 6.20 Å². The van der Waals surface area contributed by atoms with Crippen LogP contribution in [-0.2, 0) is 16.1 Å². The van der Waals surface area contributed by atoms with Crippen molar-refractivity contribution in [2.24, 2.45) is 17.8 Å². The van der Waals surface area contributed by atoms with Gasteiger partial charge >= 0.3 is 12.1 Å². The highest BCUT2D eigenvalue weighted by Crippen LogP contribution is 2.43. The molecule has 2 heterocycles. The van der Waals surface area contributed by atoms with Gasteiger partial charge < -0.3 is 15.2 Å². The van der Waals surface area contributed by atoms with Crippen LogP contribution in [0.3, 0.4) is 0 Å². The van der Waals surface area contributed by atoms with Gasteiger partial charge in [-0.05, 0) is 61.6 Å². The van der Waals surface area contributed by atoms with Crippen molar-refractivity contribution >= 4 is 11.9 Å². The van der Waals surface area contributed by atoms with Gasteiger partial charge in [0, 0.05) is 19.3 Å². The highest BCUT2D eigenvalue weighted by molar-refractivity contribution is 5.94. The normalized spacial score (nSPS) is 22.2. The highest BCUT2D eigenvalue weighted by Gasteiger charge is 2.42. The number of carbonyl (C=O) groups is 2. The van der Waals surface area contributed by atoms with Crippen molar-refractivity contribution in [2.75, 3.05) is 19.8 Å². The third-order valence-corrected chi connectivity index (χ3v) is 8.04. The molecule has 0 saturated heterocycles. The molecule has 1 amide bonds. The van der Waals surface area contributed by atoms with Gasteiger partial charge in [0.2, 0.25) is 0 Å². The first-order chi connectivity index (χ1) is 18.9. The van der Waals surface area contributed by atoms with E-state index >= 15 is 0 Å². The summed E-state index contributed by atoms with van der Waals surface area (Å²) in [6.45, 7) is 7.01. The van der Waals surface area contributed by atoms with Gasteiger partial charge in [-0.2, -0.15) is 13.2 Å². The van der Waals surface area contributed by atoms with Crippen LogP contribution in [0.4, 0.5) is 13.2 Å². The minimum atomic E-state index is -4.11. The molecule has 1 aliphatic carbocycles. The first-order valence-corrected chi connectivity index (χ1v) is 13.9. The maximum absolute atomic E-state index is 13.3. The number of ether oxygens (including phenoxy) is 1. The number of benzene rings is 1. The zero-order valence-electron chi connectivity index (χ0n) is 23.2. The number of halogens is 3. The van der Waals surface area contributed by atoms with E-state index in [1.165, 1.54) is 0 Å². The largest absolute Gasteiger partial charge is 0.480 e. The van der Waals surface area contributed by atoms with Crippen molar-refractivity contribution in [2.45, 2.75) is 71.3 Å². The minimum Gasteiger partial charge on any atom is -0.480 e. The van der Waals surface area contributed by atoms with Crippen molar-refractivity contribution in [1.29, 1.82) is 0 Å². The maximum Gasteiger partial charge on any atom is 0.391 e. The number of nitrogens with zero attached hydrogens (tertiary/aromatic N) is 2. The van der Waals surface area contributed by atoms with Gasteiger partial charge in [0.1, 0.15) is 6.61 Å². The van der Waals surface area contributed by atoms with Gasteiger partial charge in [0.25, 0.3) is 5.91 Å². The van der Waals surface area contributed by atoms with E-state index < -0.39 is 30.7 Å². The molecule has 2 aromatic rings. The SMILES string of the molecule is Cc1ccc([C@H](COCC(=O)O)NC(=O)c2cnc3c(c2)CN(C[C@H]2CC[C@H](C(F)(F)F)CC2)[C@H]3C(C)C)cc1. The number of aromatic nitrogens is 1. The van der Waals surface area contributed by atoms with Gasteiger partial charge in [-0.3, -0.25) is 14.7 Å². The predicted octanol–water partition coefficient (Wildman–Crippen LogP) is 5.84. The molecule has 1 aromatic carbocycles. The molecule has 40 heavy (non-hydrogen) atoms. The van der Waals surface area contributed by atoms with Crippen molar-refractivity contribution < 1.29 is 32.6 Å². The lowest BCUT2D eigenvalue weighted by atomic mass is 9.81. The van der Waals surface area contributed by atoms with E-state index in [0.717, 1.165) is 22.4 Å². The molecule has 2 atom stereocenters. The minimum absolute atomic E-state index is 0.000738. The average molecular weight is 562 g/mol. The van der Waals surface area contributed by atoms with Gasteiger partial charge in [0.15, 0.2) is 0 Å². The Balaban J connectivity index is 1.45. The lowest BCUT2D eigenvalue weighted by molar-refractivity contribution is -0.184. The molecule has 1 saturated carbocycles. The van der Waals surface area contributed by atoms with Crippen LogP contribution in [0.5, 0.6) is 0 Å². The molecule has 10 heteroatoms. The highest BCUT2D eigenvalue weighted by atomic mass is 19.4. The van der Waals surface area contributed by atoms with Gasteiger partial charge in [-0.25, -0.2) is 4.79 Å². The van der Waals surface area contributed by atoms with E-state index in [0.29, 0.717) is 31.5 Å². The van der Waals surface area contributed by atoms with Crippen LogP contribution < -0.4 is 5.32 Å². The number of carboxylic acid groups (broad SMARTS) is 1. The van der Waals surface area contributed by atoms with E-state index in [-0.39, 0.29) is 43.2 Å². The smallest absolute Gasteiger partial charge is 0.391 e. The number of rotatable bonds is 10. The molecule has 0 spiro atoms. The summed E-state index contributed by atoms with van der Waals surface area (Å²) in [5.41, 5.74) is 4.11. The number of aliphatic carboxylic acids is 1. The molecule has 1 aliphatic heterocycles. The zero-order valence-corrected chi connectivity index (χ0v) is 23.2. The fourth-order valence-corrected chi connectivity index (χ4v) is 5.97. The first kappa shape index (κ1) is 30.0. The molecule has 2 aliphatic rings. The topological polar surface area (TPSA) is 91.8 Å². The molecular weight excluding hydrogens is 523 g/mol. The van der Waals surface area contributed by atoms with E-state index in [2.05, 4.69) is 29.0 Å². The van der Waals surface area contributed by atoms with Crippen LogP contribution in [0.2, 0.25) is 0 Å². The number of aryl methyl sites for hydroxylation is 1. The van der Waals surface area contributed by atoms with E-state index in [9.17, 15) is 22.8 Å². The molecule has 1 fully saturated rings. The predicted molar refractivity (Wildman–Crippen MR) is 144 cm³/mol. The maximum atomic E-state index is 13.3. The zero-order chi connectivity index (χ0) is 29.0. The molecule has 7 nitrogen and oxygen atoms in total. The molecule has 1 aromatic heterocycles. The first-order valence-electron chi connectivity index (χ1n) is 13.9. The van der Waals surface area contributed by atoms with Crippen LogP contribution in [0.15, 0.2) is 36.5 Å². The number of alkyl halides is 3. The molecule has 218 valence electrons. The Morgan fingerprint density at radius 3 is 2.42 bits per heavy atom. The summed E-state index contributed by atoms with van der Waals surface area (Å²) in [4.78, 5) is 31.2.